The number of rotatable bonds is 8. The van der Waals surface area contributed by atoms with Crippen LogP contribution in [0.2, 0.25) is 0 Å². The maximum absolute atomic E-state index is 14.9. The van der Waals surface area contributed by atoms with Crippen molar-refractivity contribution in [3.63, 3.8) is 0 Å². The number of aryl methyl sites for hydroxylation is 2. The quantitative estimate of drug-likeness (QED) is 0.164. The highest BCUT2D eigenvalue weighted by Gasteiger charge is 2.36. The van der Waals surface area contributed by atoms with E-state index in [9.17, 15) is 4.79 Å². The Bertz CT molecular complexity index is 2100. The summed E-state index contributed by atoms with van der Waals surface area (Å²) in [5.41, 5.74) is 10.5. The van der Waals surface area contributed by atoms with Crippen LogP contribution < -0.4 is 14.2 Å². The number of allylic oxidation sites excluding steroid dienone is 1. The standard InChI is InChI=1S/C42H48N4O4/c1-25-15-11-14-18-35(25)46-27(3)33(26(2)44-46)24-45(7)41(47)38-31-16-12-13-17-34(31)43-39-29(22-30(23-32(38)39)42(4,5)6)19-28-20-36(48-8)40(50-10)37(21-28)49-9/h11-21,30H,22-24H2,1-10H3/b29-19-. The Kier molecular flexibility index (Phi) is 9.49. The van der Waals surface area contributed by atoms with Gasteiger partial charge in [-0.2, -0.15) is 5.10 Å². The molecule has 3 aromatic carbocycles. The largest absolute Gasteiger partial charge is 0.493 e. The molecule has 5 aromatic rings. The van der Waals surface area contributed by atoms with Gasteiger partial charge in [-0.15, -0.1) is 0 Å². The molecule has 0 N–H and O–H groups in total. The van der Waals surface area contributed by atoms with Crippen LogP contribution in [0.4, 0.5) is 0 Å². The first-order chi connectivity index (χ1) is 23.9. The molecule has 50 heavy (non-hydrogen) atoms. The first-order valence-electron chi connectivity index (χ1n) is 17.1. The first kappa shape index (κ1) is 34.7. The fourth-order valence-electron chi connectivity index (χ4n) is 7.21. The average Bonchev–Trinajstić information content (AvgIpc) is 3.37. The molecule has 2 heterocycles. The van der Waals surface area contributed by atoms with E-state index in [1.807, 2.05) is 72.1 Å². The topological polar surface area (TPSA) is 78.7 Å². The second kappa shape index (κ2) is 13.7. The minimum atomic E-state index is -0.0241. The summed E-state index contributed by atoms with van der Waals surface area (Å²) in [5, 5.41) is 5.77. The zero-order chi connectivity index (χ0) is 35.9. The van der Waals surface area contributed by atoms with Gasteiger partial charge in [0.15, 0.2) is 11.5 Å². The Labute approximate surface area is 295 Å². The first-order valence-corrected chi connectivity index (χ1v) is 17.1. The van der Waals surface area contributed by atoms with Crippen LogP contribution in [0.1, 0.15) is 76.9 Å². The molecule has 0 saturated heterocycles. The highest BCUT2D eigenvalue weighted by atomic mass is 16.5. The maximum atomic E-state index is 14.9. The number of ether oxygens (including phenoxy) is 3. The number of aromatic nitrogens is 3. The van der Waals surface area contributed by atoms with Crippen LogP contribution >= 0.6 is 0 Å². The van der Waals surface area contributed by atoms with E-state index in [4.69, 9.17) is 24.3 Å². The Morgan fingerprint density at radius 2 is 1.60 bits per heavy atom. The summed E-state index contributed by atoms with van der Waals surface area (Å²) in [6.07, 6.45) is 3.73. The second-order valence-electron chi connectivity index (χ2n) is 14.4. The lowest BCUT2D eigenvalue weighted by Gasteiger charge is -2.37. The number of para-hydroxylation sites is 2. The van der Waals surface area contributed by atoms with Gasteiger partial charge in [0.05, 0.1) is 49.5 Å². The number of hydrogen-bond donors (Lipinski definition) is 0. The summed E-state index contributed by atoms with van der Waals surface area (Å²) in [4.78, 5) is 21.9. The van der Waals surface area contributed by atoms with E-state index < -0.39 is 0 Å². The van der Waals surface area contributed by atoms with Gasteiger partial charge in [-0.1, -0.05) is 57.2 Å². The monoisotopic (exact) mass is 672 g/mol. The van der Waals surface area contributed by atoms with Gasteiger partial charge in [0.25, 0.3) is 5.91 Å². The van der Waals surface area contributed by atoms with Crippen molar-refractivity contribution in [1.82, 2.24) is 19.7 Å². The van der Waals surface area contributed by atoms with E-state index in [-0.39, 0.29) is 17.2 Å². The highest BCUT2D eigenvalue weighted by Crippen LogP contribution is 2.46. The van der Waals surface area contributed by atoms with E-state index in [2.05, 4.69) is 52.8 Å². The fraction of sp³-hybridized carbons (Fsp3) is 0.357. The number of pyridine rings is 1. The number of methoxy groups -OCH3 is 3. The third kappa shape index (κ3) is 6.35. The van der Waals surface area contributed by atoms with Crippen LogP contribution in [0, 0.1) is 32.1 Å². The van der Waals surface area contributed by atoms with Crippen LogP contribution in [0.25, 0.3) is 28.2 Å². The van der Waals surface area contributed by atoms with Crippen LogP contribution in [0.15, 0.2) is 60.7 Å². The zero-order valence-corrected chi connectivity index (χ0v) is 31.0. The molecule has 1 atom stereocenters. The number of nitrogens with zero attached hydrogens (tertiary/aromatic N) is 4. The van der Waals surface area contributed by atoms with Crippen molar-refractivity contribution in [1.29, 1.82) is 0 Å². The number of fused-ring (bicyclic) bond motifs is 2. The molecule has 0 bridgehead atoms. The lowest BCUT2D eigenvalue weighted by atomic mass is 9.68. The number of benzene rings is 3. The third-order valence-corrected chi connectivity index (χ3v) is 10.2. The van der Waals surface area contributed by atoms with Crippen molar-refractivity contribution in [2.75, 3.05) is 28.4 Å². The summed E-state index contributed by atoms with van der Waals surface area (Å²) < 4.78 is 18.9. The zero-order valence-electron chi connectivity index (χ0n) is 31.0. The highest BCUT2D eigenvalue weighted by molar-refractivity contribution is 6.09. The summed E-state index contributed by atoms with van der Waals surface area (Å²) in [5.74, 6) is 1.97. The molecular formula is C42H48N4O4. The van der Waals surface area contributed by atoms with Gasteiger partial charge >= 0.3 is 0 Å². The molecule has 1 aliphatic carbocycles. The average molecular weight is 673 g/mol. The van der Waals surface area contributed by atoms with E-state index in [1.165, 1.54) is 0 Å². The van der Waals surface area contributed by atoms with Gasteiger partial charge in [-0.25, -0.2) is 9.67 Å². The van der Waals surface area contributed by atoms with E-state index in [0.717, 1.165) is 79.9 Å². The van der Waals surface area contributed by atoms with E-state index in [1.54, 1.807) is 21.3 Å². The molecule has 8 heteroatoms. The number of carbonyl (C=O) groups excluding carboxylic acids is 1. The summed E-state index contributed by atoms with van der Waals surface area (Å²) in [7, 11) is 6.75. The molecule has 1 aliphatic rings. The molecule has 260 valence electrons. The maximum Gasteiger partial charge on any atom is 0.254 e. The molecule has 6 rings (SSSR count). The number of amides is 1. The molecule has 0 fully saturated rings. The molecule has 2 aromatic heterocycles. The second-order valence-corrected chi connectivity index (χ2v) is 14.4. The summed E-state index contributed by atoms with van der Waals surface area (Å²) >= 11 is 0. The Morgan fingerprint density at radius 3 is 2.24 bits per heavy atom. The predicted molar refractivity (Wildman–Crippen MR) is 201 cm³/mol. The van der Waals surface area contributed by atoms with E-state index >= 15 is 0 Å². The smallest absolute Gasteiger partial charge is 0.254 e. The van der Waals surface area contributed by atoms with Crippen molar-refractivity contribution in [3.05, 3.63) is 106 Å². The van der Waals surface area contributed by atoms with Crippen LogP contribution in [-0.4, -0.2) is 53.9 Å². The third-order valence-electron chi connectivity index (χ3n) is 10.2. The minimum Gasteiger partial charge on any atom is -0.493 e. The molecule has 0 spiro atoms. The molecule has 0 aliphatic heterocycles. The lowest BCUT2D eigenvalue weighted by molar-refractivity contribution is 0.0784. The summed E-state index contributed by atoms with van der Waals surface area (Å²) in [6, 6.07) is 20.1. The van der Waals surface area contributed by atoms with Crippen molar-refractivity contribution in [2.24, 2.45) is 11.3 Å². The van der Waals surface area contributed by atoms with Gasteiger partial charge in [0.1, 0.15) is 0 Å². The number of hydrogen-bond acceptors (Lipinski definition) is 6. The van der Waals surface area contributed by atoms with Gasteiger partial charge < -0.3 is 19.1 Å². The Hall–Kier alpha value is -5.11. The van der Waals surface area contributed by atoms with Crippen molar-refractivity contribution in [3.8, 4) is 22.9 Å². The minimum absolute atomic E-state index is 0.0116. The molecule has 0 radical (unpaired) electrons. The fourth-order valence-corrected chi connectivity index (χ4v) is 7.21. The van der Waals surface area contributed by atoms with Gasteiger partial charge in [-0.3, -0.25) is 4.79 Å². The van der Waals surface area contributed by atoms with Gasteiger partial charge in [0, 0.05) is 30.2 Å². The predicted octanol–water partition coefficient (Wildman–Crippen LogP) is 8.79. The molecule has 1 amide bonds. The van der Waals surface area contributed by atoms with Crippen molar-refractivity contribution >= 4 is 28.5 Å². The molecular weight excluding hydrogens is 624 g/mol. The van der Waals surface area contributed by atoms with Gasteiger partial charge in [-0.05, 0) is 97.6 Å². The summed E-state index contributed by atoms with van der Waals surface area (Å²) in [6.45, 7) is 13.5. The molecule has 8 nitrogen and oxygen atoms in total. The van der Waals surface area contributed by atoms with Crippen LogP contribution in [0.3, 0.4) is 0 Å². The van der Waals surface area contributed by atoms with Crippen LogP contribution in [-0.2, 0) is 13.0 Å². The Balaban J connectivity index is 1.49. The van der Waals surface area contributed by atoms with Crippen molar-refractivity contribution in [2.45, 2.75) is 60.9 Å². The van der Waals surface area contributed by atoms with E-state index in [0.29, 0.717) is 23.8 Å². The number of carbonyl (C=O) groups is 1. The Morgan fingerprint density at radius 1 is 0.940 bits per heavy atom. The van der Waals surface area contributed by atoms with Gasteiger partial charge in [0.2, 0.25) is 5.75 Å². The normalized spacial score (nSPS) is 15.2. The SMILES string of the molecule is COc1cc(/C=C2/CC(C(C)(C)C)Cc3c2nc2ccccc2c3C(=O)N(C)Cc2c(C)nn(-c3ccccc3C)c2C)cc(OC)c1OC. The molecule has 0 saturated carbocycles. The molecule has 1 unspecified atom stereocenters. The van der Waals surface area contributed by atoms with Crippen LogP contribution in [0.5, 0.6) is 17.2 Å². The lowest BCUT2D eigenvalue weighted by Crippen LogP contribution is -2.32. The van der Waals surface area contributed by atoms with Crippen molar-refractivity contribution < 1.29 is 19.0 Å².